The Hall–Kier alpha value is -1.97. The second-order valence-electron chi connectivity index (χ2n) is 6.14. The summed E-state index contributed by atoms with van der Waals surface area (Å²) in [4.78, 5) is 14.2. The Labute approximate surface area is 125 Å². The van der Waals surface area contributed by atoms with Crippen LogP contribution in [0.25, 0.3) is 5.69 Å². The van der Waals surface area contributed by atoms with Gasteiger partial charge in [-0.1, -0.05) is 19.8 Å². The summed E-state index contributed by atoms with van der Waals surface area (Å²) in [6, 6.07) is 8.66. The zero-order chi connectivity index (χ0) is 14.7. The van der Waals surface area contributed by atoms with Crippen molar-refractivity contribution < 1.29 is 0 Å². The lowest BCUT2D eigenvalue weighted by Crippen LogP contribution is -2.18. The molecule has 0 saturated heterocycles. The van der Waals surface area contributed by atoms with Gasteiger partial charge in [0.05, 0.1) is 5.69 Å². The van der Waals surface area contributed by atoms with Gasteiger partial charge in [-0.25, -0.2) is 4.79 Å². The molecule has 3 rings (SSSR count). The first kappa shape index (κ1) is 14.0. The van der Waals surface area contributed by atoms with Crippen molar-refractivity contribution in [1.82, 2.24) is 9.55 Å². The van der Waals surface area contributed by atoms with E-state index in [1.54, 1.807) is 17.0 Å². The average molecular weight is 285 g/mol. The Morgan fingerprint density at radius 2 is 1.95 bits per heavy atom. The fraction of sp³-hybridized carbons (Fsp3) is 0.471. The molecule has 1 aromatic heterocycles. The molecular formula is C17H23N3O. The van der Waals surface area contributed by atoms with Crippen LogP contribution in [0.1, 0.15) is 39.0 Å². The minimum atomic E-state index is -0.103. The summed E-state index contributed by atoms with van der Waals surface area (Å²) >= 11 is 0. The largest absolute Gasteiger partial charge is 0.382 e. The minimum Gasteiger partial charge on any atom is -0.382 e. The number of aromatic nitrogens is 2. The third kappa shape index (κ3) is 3.38. The molecule has 2 unspecified atom stereocenters. The minimum absolute atomic E-state index is 0.103. The summed E-state index contributed by atoms with van der Waals surface area (Å²) in [5, 5.41) is 3.63. The first-order chi connectivity index (χ1) is 10.2. The van der Waals surface area contributed by atoms with Gasteiger partial charge in [0.1, 0.15) is 0 Å². The van der Waals surface area contributed by atoms with E-state index < -0.39 is 0 Å². The SMILES string of the molecule is CC1CCCC(Nc2ccc(-n3cc[nH]c3=O)cc2)CC1. The normalized spacial score (nSPS) is 22.7. The number of hydrogen-bond acceptors (Lipinski definition) is 2. The number of anilines is 1. The molecule has 4 heteroatoms. The Bertz CT molecular complexity index is 626. The van der Waals surface area contributed by atoms with Crippen molar-refractivity contribution in [3.8, 4) is 5.69 Å². The van der Waals surface area contributed by atoms with Crippen molar-refractivity contribution in [2.24, 2.45) is 5.92 Å². The van der Waals surface area contributed by atoms with E-state index in [-0.39, 0.29) is 5.69 Å². The molecule has 0 spiro atoms. The monoisotopic (exact) mass is 285 g/mol. The number of benzene rings is 1. The molecule has 1 fully saturated rings. The highest BCUT2D eigenvalue weighted by atomic mass is 16.1. The molecule has 21 heavy (non-hydrogen) atoms. The summed E-state index contributed by atoms with van der Waals surface area (Å²) in [5.41, 5.74) is 1.93. The molecule has 0 bridgehead atoms. The summed E-state index contributed by atoms with van der Waals surface area (Å²) < 4.78 is 1.61. The van der Waals surface area contributed by atoms with Crippen molar-refractivity contribution in [2.75, 3.05) is 5.32 Å². The van der Waals surface area contributed by atoms with Crippen LogP contribution < -0.4 is 11.0 Å². The van der Waals surface area contributed by atoms with E-state index in [9.17, 15) is 4.79 Å². The average Bonchev–Trinajstić information content (AvgIpc) is 2.81. The fourth-order valence-electron chi connectivity index (χ4n) is 3.11. The molecule has 1 heterocycles. The maximum Gasteiger partial charge on any atom is 0.330 e. The number of hydrogen-bond donors (Lipinski definition) is 2. The van der Waals surface area contributed by atoms with Crippen LogP contribution in [0.5, 0.6) is 0 Å². The number of H-pyrrole nitrogens is 1. The first-order valence-corrected chi connectivity index (χ1v) is 7.85. The molecule has 1 aliphatic carbocycles. The van der Waals surface area contributed by atoms with Gasteiger partial charge in [0, 0.05) is 24.1 Å². The van der Waals surface area contributed by atoms with Crippen molar-refractivity contribution in [3.05, 3.63) is 47.1 Å². The van der Waals surface area contributed by atoms with E-state index in [2.05, 4.69) is 29.4 Å². The molecule has 4 nitrogen and oxygen atoms in total. The van der Waals surface area contributed by atoms with Crippen molar-refractivity contribution >= 4 is 5.69 Å². The zero-order valence-electron chi connectivity index (χ0n) is 12.5. The molecule has 2 aromatic rings. The quantitative estimate of drug-likeness (QED) is 0.847. The third-order valence-electron chi connectivity index (χ3n) is 4.42. The Kier molecular flexibility index (Phi) is 4.13. The van der Waals surface area contributed by atoms with Crippen LogP contribution in [0.4, 0.5) is 5.69 Å². The molecule has 0 radical (unpaired) electrons. The molecule has 0 aliphatic heterocycles. The lowest BCUT2D eigenvalue weighted by molar-refractivity contribution is 0.502. The standard InChI is InChI=1S/C17H23N3O/c1-13-3-2-4-14(6-5-13)19-15-7-9-16(10-8-15)20-12-11-18-17(20)21/h7-14,19H,2-6H2,1H3,(H,18,21). The highest BCUT2D eigenvalue weighted by molar-refractivity contribution is 5.49. The summed E-state index contributed by atoms with van der Waals surface area (Å²) in [6.07, 6.45) is 9.89. The fourth-order valence-corrected chi connectivity index (χ4v) is 3.11. The van der Waals surface area contributed by atoms with Gasteiger partial charge < -0.3 is 10.3 Å². The van der Waals surface area contributed by atoms with Gasteiger partial charge in [0.2, 0.25) is 0 Å². The molecule has 1 aliphatic rings. The van der Waals surface area contributed by atoms with Crippen LogP contribution in [-0.4, -0.2) is 15.6 Å². The molecule has 2 N–H and O–H groups in total. The lowest BCUT2D eigenvalue weighted by atomic mass is 10.0. The Morgan fingerprint density at radius 1 is 1.14 bits per heavy atom. The van der Waals surface area contributed by atoms with Crippen molar-refractivity contribution in [3.63, 3.8) is 0 Å². The van der Waals surface area contributed by atoms with Crippen LogP contribution >= 0.6 is 0 Å². The maximum absolute atomic E-state index is 11.6. The second-order valence-corrected chi connectivity index (χ2v) is 6.14. The van der Waals surface area contributed by atoms with Gasteiger partial charge in [0.15, 0.2) is 0 Å². The topological polar surface area (TPSA) is 49.8 Å². The van der Waals surface area contributed by atoms with Crippen LogP contribution in [0.3, 0.4) is 0 Å². The van der Waals surface area contributed by atoms with E-state index in [4.69, 9.17) is 0 Å². The van der Waals surface area contributed by atoms with Gasteiger partial charge in [0.25, 0.3) is 0 Å². The van der Waals surface area contributed by atoms with Crippen LogP contribution in [-0.2, 0) is 0 Å². The van der Waals surface area contributed by atoms with Crippen molar-refractivity contribution in [2.45, 2.75) is 45.1 Å². The van der Waals surface area contributed by atoms with Crippen LogP contribution in [0.15, 0.2) is 41.5 Å². The molecule has 2 atom stereocenters. The Balaban J connectivity index is 1.67. The second kappa shape index (κ2) is 6.20. The van der Waals surface area contributed by atoms with Gasteiger partial charge in [-0.05, 0) is 49.4 Å². The third-order valence-corrected chi connectivity index (χ3v) is 4.42. The predicted octanol–water partition coefficient (Wildman–Crippen LogP) is 3.55. The molecule has 112 valence electrons. The number of rotatable bonds is 3. The molecule has 0 amide bonds. The lowest BCUT2D eigenvalue weighted by Gasteiger charge is -2.18. The highest BCUT2D eigenvalue weighted by Gasteiger charge is 2.15. The van der Waals surface area contributed by atoms with E-state index in [1.807, 2.05) is 12.1 Å². The first-order valence-electron chi connectivity index (χ1n) is 7.85. The van der Waals surface area contributed by atoms with Crippen LogP contribution in [0.2, 0.25) is 0 Å². The van der Waals surface area contributed by atoms with Gasteiger partial charge >= 0.3 is 5.69 Å². The summed E-state index contributed by atoms with van der Waals surface area (Å²) in [5.74, 6) is 0.861. The molecule has 1 aromatic carbocycles. The van der Waals surface area contributed by atoms with Gasteiger partial charge in [-0.3, -0.25) is 4.57 Å². The van der Waals surface area contributed by atoms with E-state index in [0.29, 0.717) is 6.04 Å². The summed E-state index contributed by atoms with van der Waals surface area (Å²) in [7, 11) is 0. The molecule has 1 saturated carbocycles. The van der Waals surface area contributed by atoms with E-state index >= 15 is 0 Å². The number of imidazole rings is 1. The van der Waals surface area contributed by atoms with Crippen molar-refractivity contribution in [1.29, 1.82) is 0 Å². The van der Waals surface area contributed by atoms with Gasteiger partial charge in [-0.15, -0.1) is 0 Å². The smallest absolute Gasteiger partial charge is 0.330 e. The highest BCUT2D eigenvalue weighted by Crippen LogP contribution is 2.25. The van der Waals surface area contributed by atoms with Gasteiger partial charge in [-0.2, -0.15) is 0 Å². The number of aromatic amines is 1. The van der Waals surface area contributed by atoms with Crippen LogP contribution in [0, 0.1) is 5.92 Å². The predicted molar refractivity (Wildman–Crippen MR) is 86.0 cm³/mol. The zero-order valence-corrected chi connectivity index (χ0v) is 12.5. The number of nitrogens with one attached hydrogen (secondary N) is 2. The van der Waals surface area contributed by atoms with E-state index in [0.717, 1.165) is 17.3 Å². The summed E-state index contributed by atoms with van der Waals surface area (Å²) in [6.45, 7) is 2.35. The van der Waals surface area contributed by atoms with E-state index in [1.165, 1.54) is 32.1 Å². The molecular weight excluding hydrogens is 262 g/mol. The Morgan fingerprint density at radius 3 is 2.67 bits per heavy atom. The maximum atomic E-state index is 11.6. The number of nitrogens with zero attached hydrogens (tertiary/aromatic N) is 1.